The quantitative estimate of drug-likeness (QED) is 0.702. The van der Waals surface area contributed by atoms with Gasteiger partial charge in [0.1, 0.15) is 0 Å². The molecule has 0 bridgehead atoms. The molecule has 96 valence electrons. The molecule has 17 heavy (non-hydrogen) atoms. The molecule has 1 N–H and O–H groups in total. The number of anilines is 1. The van der Waals surface area contributed by atoms with Crippen LogP contribution in [0.4, 0.5) is 5.69 Å². The average molecular weight is 235 g/mol. The number of nitrogens with zero attached hydrogens (tertiary/aromatic N) is 2. The molecule has 0 spiro atoms. The third kappa shape index (κ3) is 5.68. The molecule has 0 unspecified atom stereocenters. The first-order valence-corrected chi connectivity index (χ1v) is 6.63. The maximum Gasteiger partial charge on any atom is 0.0564 e. The maximum atomic E-state index is 4.41. The summed E-state index contributed by atoms with van der Waals surface area (Å²) in [4.78, 5) is 6.75. The zero-order valence-corrected chi connectivity index (χ0v) is 11.4. The molecule has 0 aliphatic heterocycles. The topological polar surface area (TPSA) is 28.2 Å². The van der Waals surface area contributed by atoms with Gasteiger partial charge >= 0.3 is 0 Å². The molecule has 0 radical (unpaired) electrons. The molecular weight excluding hydrogens is 210 g/mol. The van der Waals surface area contributed by atoms with Crippen LogP contribution in [-0.2, 0) is 6.54 Å². The van der Waals surface area contributed by atoms with Gasteiger partial charge in [0.2, 0.25) is 0 Å². The fraction of sp³-hybridized carbons (Fsp3) is 0.643. The summed E-state index contributed by atoms with van der Waals surface area (Å²) in [5, 5.41) is 3.31. The smallest absolute Gasteiger partial charge is 0.0564 e. The van der Waals surface area contributed by atoms with Crippen LogP contribution in [0.3, 0.4) is 0 Å². The first kappa shape index (κ1) is 14.0. The molecule has 1 heterocycles. The molecule has 3 nitrogen and oxygen atoms in total. The largest absolute Gasteiger partial charge is 0.385 e. The number of hydrogen-bond donors (Lipinski definition) is 1. The molecule has 3 heteroatoms. The van der Waals surface area contributed by atoms with Crippen molar-refractivity contribution in [2.45, 2.75) is 39.7 Å². The number of nitrogens with one attached hydrogen (secondary N) is 1. The monoisotopic (exact) mass is 235 g/mol. The Kier molecular flexibility index (Phi) is 6.63. The molecule has 1 aromatic rings. The minimum Gasteiger partial charge on any atom is -0.385 e. The van der Waals surface area contributed by atoms with E-state index in [1.54, 1.807) is 0 Å². The molecule has 0 fully saturated rings. The van der Waals surface area contributed by atoms with Crippen LogP contribution in [0.1, 0.15) is 38.8 Å². The van der Waals surface area contributed by atoms with Gasteiger partial charge in [-0.15, -0.1) is 0 Å². The first-order valence-electron chi connectivity index (χ1n) is 6.63. The zero-order chi connectivity index (χ0) is 12.5. The second kappa shape index (κ2) is 8.07. The summed E-state index contributed by atoms with van der Waals surface area (Å²) >= 11 is 0. The molecule has 0 saturated heterocycles. The van der Waals surface area contributed by atoms with Gasteiger partial charge in [0.25, 0.3) is 0 Å². The van der Waals surface area contributed by atoms with Crippen molar-refractivity contribution in [1.82, 2.24) is 9.88 Å². The lowest BCUT2D eigenvalue weighted by Crippen LogP contribution is -2.19. The van der Waals surface area contributed by atoms with Crippen LogP contribution in [0.25, 0.3) is 0 Å². The highest BCUT2D eigenvalue weighted by Crippen LogP contribution is 2.09. The Balaban J connectivity index is 2.41. The molecule has 1 rings (SSSR count). The van der Waals surface area contributed by atoms with Crippen molar-refractivity contribution in [3.63, 3.8) is 0 Å². The second-order valence-electron chi connectivity index (χ2n) is 4.51. The predicted octanol–water partition coefficient (Wildman–Crippen LogP) is 3.14. The Morgan fingerprint density at radius 1 is 1.29 bits per heavy atom. The van der Waals surface area contributed by atoms with Gasteiger partial charge in [-0.25, -0.2) is 0 Å². The molecule has 1 aromatic heterocycles. The van der Waals surface area contributed by atoms with Crippen LogP contribution in [0.2, 0.25) is 0 Å². The van der Waals surface area contributed by atoms with Gasteiger partial charge in [-0.1, -0.05) is 19.8 Å². The van der Waals surface area contributed by atoms with Crippen molar-refractivity contribution in [1.29, 1.82) is 0 Å². The Bertz CT molecular complexity index is 312. The molecular formula is C14H25N3. The van der Waals surface area contributed by atoms with Crippen LogP contribution in [0.15, 0.2) is 18.3 Å². The number of rotatable bonds is 8. The fourth-order valence-corrected chi connectivity index (χ4v) is 1.87. The van der Waals surface area contributed by atoms with E-state index in [0.29, 0.717) is 0 Å². The number of hydrogen-bond acceptors (Lipinski definition) is 3. The van der Waals surface area contributed by atoms with Crippen LogP contribution in [0, 0.1) is 0 Å². The molecule has 0 aromatic carbocycles. The molecule has 0 aliphatic rings. The van der Waals surface area contributed by atoms with Gasteiger partial charge in [0.05, 0.1) is 5.69 Å². The van der Waals surface area contributed by atoms with Crippen molar-refractivity contribution >= 4 is 5.69 Å². The normalized spacial score (nSPS) is 10.8. The number of aromatic nitrogens is 1. The van der Waals surface area contributed by atoms with Crippen molar-refractivity contribution in [2.24, 2.45) is 0 Å². The molecule has 0 atom stereocenters. The Morgan fingerprint density at radius 2 is 2.12 bits per heavy atom. The lowest BCUT2D eigenvalue weighted by atomic mass is 10.2. The number of unbranched alkanes of at least 4 members (excludes halogenated alkanes) is 2. The van der Waals surface area contributed by atoms with Gasteiger partial charge in [0, 0.05) is 25.0 Å². The summed E-state index contributed by atoms with van der Waals surface area (Å²) in [6.45, 7) is 7.39. The summed E-state index contributed by atoms with van der Waals surface area (Å²) in [6, 6.07) is 4.16. The van der Waals surface area contributed by atoms with E-state index in [1.807, 2.05) is 12.3 Å². The van der Waals surface area contributed by atoms with Gasteiger partial charge in [-0.05, 0) is 39.1 Å². The van der Waals surface area contributed by atoms with Gasteiger partial charge in [-0.3, -0.25) is 4.98 Å². The lowest BCUT2D eigenvalue weighted by Gasteiger charge is -2.16. The highest BCUT2D eigenvalue weighted by molar-refractivity contribution is 5.42. The van der Waals surface area contributed by atoms with E-state index in [1.165, 1.54) is 24.9 Å². The van der Waals surface area contributed by atoms with Crippen molar-refractivity contribution < 1.29 is 0 Å². The van der Waals surface area contributed by atoms with E-state index in [4.69, 9.17) is 0 Å². The van der Waals surface area contributed by atoms with E-state index in [0.717, 1.165) is 25.3 Å². The summed E-state index contributed by atoms with van der Waals surface area (Å²) in [6.07, 6.45) is 5.75. The van der Waals surface area contributed by atoms with E-state index >= 15 is 0 Å². The second-order valence-corrected chi connectivity index (χ2v) is 4.51. The third-order valence-corrected chi connectivity index (χ3v) is 2.77. The zero-order valence-electron chi connectivity index (χ0n) is 11.4. The molecule has 0 amide bonds. The average Bonchev–Trinajstić information content (AvgIpc) is 2.30. The van der Waals surface area contributed by atoms with E-state index in [-0.39, 0.29) is 0 Å². The Morgan fingerprint density at radius 3 is 2.82 bits per heavy atom. The maximum absolute atomic E-state index is 4.41. The summed E-state index contributed by atoms with van der Waals surface area (Å²) < 4.78 is 0. The SMILES string of the molecule is CCCCCN(C)Cc1cc(NCC)ccn1. The van der Waals surface area contributed by atoms with Crippen molar-refractivity contribution in [3.8, 4) is 0 Å². The fourth-order valence-electron chi connectivity index (χ4n) is 1.87. The van der Waals surface area contributed by atoms with Crippen LogP contribution < -0.4 is 5.32 Å². The highest BCUT2D eigenvalue weighted by atomic mass is 15.1. The minimum atomic E-state index is 0.933. The lowest BCUT2D eigenvalue weighted by molar-refractivity contribution is 0.314. The third-order valence-electron chi connectivity index (χ3n) is 2.77. The Labute approximate surface area is 105 Å². The highest BCUT2D eigenvalue weighted by Gasteiger charge is 2.02. The van der Waals surface area contributed by atoms with Crippen LogP contribution in [-0.4, -0.2) is 30.0 Å². The van der Waals surface area contributed by atoms with Crippen molar-refractivity contribution in [3.05, 3.63) is 24.0 Å². The minimum absolute atomic E-state index is 0.933. The van der Waals surface area contributed by atoms with Crippen LogP contribution >= 0.6 is 0 Å². The number of pyridine rings is 1. The van der Waals surface area contributed by atoms with Crippen LogP contribution in [0.5, 0.6) is 0 Å². The summed E-state index contributed by atoms with van der Waals surface area (Å²) in [5.74, 6) is 0. The standard InChI is InChI=1S/C14H25N3/c1-4-6-7-10-17(3)12-14-11-13(15-5-2)8-9-16-14/h8-9,11H,4-7,10,12H2,1-3H3,(H,15,16). The van der Waals surface area contributed by atoms with E-state index in [2.05, 4.69) is 42.2 Å². The molecule has 0 aliphatic carbocycles. The van der Waals surface area contributed by atoms with Crippen molar-refractivity contribution in [2.75, 3.05) is 25.5 Å². The predicted molar refractivity (Wildman–Crippen MR) is 74.3 cm³/mol. The van der Waals surface area contributed by atoms with Gasteiger partial charge < -0.3 is 10.2 Å². The first-order chi connectivity index (χ1) is 8.26. The van der Waals surface area contributed by atoms with Gasteiger partial charge in [0.15, 0.2) is 0 Å². The van der Waals surface area contributed by atoms with Gasteiger partial charge in [-0.2, -0.15) is 0 Å². The Hall–Kier alpha value is -1.09. The summed E-state index contributed by atoms with van der Waals surface area (Å²) in [7, 11) is 2.16. The molecule has 0 saturated carbocycles. The van der Waals surface area contributed by atoms with E-state index < -0.39 is 0 Å². The summed E-state index contributed by atoms with van der Waals surface area (Å²) in [5.41, 5.74) is 2.31. The van der Waals surface area contributed by atoms with E-state index in [9.17, 15) is 0 Å².